The number of rotatable bonds is 10. The van der Waals surface area contributed by atoms with Crippen molar-refractivity contribution in [2.45, 2.75) is 90.6 Å². The van der Waals surface area contributed by atoms with Crippen LogP contribution in [-0.2, 0) is 4.79 Å². The van der Waals surface area contributed by atoms with E-state index in [2.05, 4.69) is 64.1 Å². The van der Waals surface area contributed by atoms with Crippen molar-refractivity contribution >= 4 is 11.8 Å². The lowest BCUT2D eigenvalue weighted by Gasteiger charge is -2.40. The third-order valence-corrected chi connectivity index (χ3v) is 9.85. The summed E-state index contributed by atoms with van der Waals surface area (Å²) in [6, 6.07) is 27.2. The summed E-state index contributed by atoms with van der Waals surface area (Å²) in [5.74, 6) is 1.43. The molecule has 6 nitrogen and oxygen atoms in total. The van der Waals surface area contributed by atoms with Gasteiger partial charge in [-0.25, -0.2) is 4.98 Å². The topological polar surface area (TPSA) is 59.9 Å². The molecule has 6 rings (SSSR count). The van der Waals surface area contributed by atoms with Gasteiger partial charge in [0.2, 0.25) is 0 Å². The SMILES string of the molecule is CC.CCCN(c1cc(-c2ccccc2)ccn1)C1CCN(CC2CCN(C(C(=O)O)C3CCCCC3)C2)CC1.c1ccccc1. The fourth-order valence-corrected chi connectivity index (χ4v) is 7.64. The van der Waals surface area contributed by atoms with E-state index in [-0.39, 0.29) is 6.04 Å². The minimum absolute atomic E-state index is 0.271. The number of likely N-dealkylation sites (tertiary alicyclic amines) is 2. The molecule has 2 aromatic carbocycles. The molecule has 0 radical (unpaired) electrons. The second kappa shape index (κ2) is 19.4. The molecule has 250 valence electrons. The number of carboxylic acid groups (broad SMARTS) is 1. The van der Waals surface area contributed by atoms with E-state index in [0.717, 1.165) is 83.6 Å². The minimum Gasteiger partial charge on any atom is -0.480 e. The van der Waals surface area contributed by atoms with Gasteiger partial charge in [-0.15, -0.1) is 0 Å². The van der Waals surface area contributed by atoms with Gasteiger partial charge >= 0.3 is 5.97 Å². The molecule has 3 heterocycles. The summed E-state index contributed by atoms with van der Waals surface area (Å²) in [5.41, 5.74) is 2.47. The van der Waals surface area contributed by atoms with Crippen molar-refractivity contribution in [2.24, 2.45) is 11.8 Å². The van der Waals surface area contributed by atoms with Crippen LogP contribution >= 0.6 is 0 Å². The van der Waals surface area contributed by atoms with Crippen LogP contribution in [0.2, 0.25) is 0 Å². The predicted molar refractivity (Wildman–Crippen MR) is 192 cm³/mol. The van der Waals surface area contributed by atoms with E-state index in [4.69, 9.17) is 4.98 Å². The third-order valence-electron chi connectivity index (χ3n) is 9.85. The van der Waals surface area contributed by atoms with Gasteiger partial charge in [0.1, 0.15) is 11.9 Å². The van der Waals surface area contributed by atoms with Gasteiger partial charge in [-0.1, -0.05) is 107 Å². The quantitative estimate of drug-likeness (QED) is 0.244. The standard InChI is InChI=1S/C32H46N4O2.C6H6.C2H6/c1-2-18-36(30-22-28(13-17-33-30)26-9-5-3-6-10-26)29-15-19-34(20-16-29)23-25-14-21-35(24-25)31(32(37)38)27-11-7-4-8-12-27;1-2-4-6-5-3-1;1-2/h3,5-6,9-10,13,17,22,25,27,29,31H,2,4,7-8,11-12,14-16,18-21,23-24H2,1H3,(H,37,38);1-6H;1-2H3. The molecule has 1 N–H and O–H groups in total. The molecule has 1 aliphatic carbocycles. The predicted octanol–water partition coefficient (Wildman–Crippen LogP) is 8.50. The van der Waals surface area contributed by atoms with Gasteiger partial charge in [0, 0.05) is 45.0 Å². The number of anilines is 1. The smallest absolute Gasteiger partial charge is 0.321 e. The highest BCUT2D eigenvalue weighted by molar-refractivity contribution is 5.74. The van der Waals surface area contributed by atoms with E-state index in [1.54, 1.807) is 0 Å². The molecule has 46 heavy (non-hydrogen) atoms. The zero-order valence-electron chi connectivity index (χ0n) is 28.6. The summed E-state index contributed by atoms with van der Waals surface area (Å²) in [6.07, 6.45) is 12.4. The van der Waals surface area contributed by atoms with Gasteiger partial charge in [0.15, 0.2) is 0 Å². The zero-order valence-corrected chi connectivity index (χ0v) is 28.6. The maximum absolute atomic E-state index is 12.2. The number of piperidine rings is 1. The van der Waals surface area contributed by atoms with Gasteiger partial charge in [-0.2, -0.15) is 0 Å². The highest BCUT2D eigenvalue weighted by Crippen LogP contribution is 2.33. The lowest BCUT2D eigenvalue weighted by molar-refractivity contribution is -0.145. The van der Waals surface area contributed by atoms with E-state index < -0.39 is 5.97 Å². The Bertz CT molecular complexity index is 1220. The van der Waals surface area contributed by atoms with Crippen molar-refractivity contribution < 1.29 is 9.90 Å². The summed E-state index contributed by atoms with van der Waals surface area (Å²) >= 11 is 0. The van der Waals surface area contributed by atoms with Crippen LogP contribution in [0.1, 0.15) is 78.6 Å². The number of benzene rings is 2. The van der Waals surface area contributed by atoms with Crippen LogP contribution in [0.4, 0.5) is 5.82 Å². The van der Waals surface area contributed by atoms with Crippen molar-refractivity contribution in [1.29, 1.82) is 0 Å². The van der Waals surface area contributed by atoms with Crippen molar-refractivity contribution in [3.05, 3.63) is 85.1 Å². The monoisotopic (exact) mass is 626 g/mol. The Balaban J connectivity index is 0.000000531. The van der Waals surface area contributed by atoms with Crippen LogP contribution in [0, 0.1) is 11.8 Å². The molecule has 3 aliphatic rings. The Kier molecular flexibility index (Phi) is 15.1. The summed E-state index contributed by atoms with van der Waals surface area (Å²) in [7, 11) is 0. The lowest BCUT2D eigenvalue weighted by atomic mass is 9.83. The number of aliphatic carboxylic acids is 1. The Morgan fingerprint density at radius 2 is 1.48 bits per heavy atom. The van der Waals surface area contributed by atoms with Crippen LogP contribution < -0.4 is 4.90 Å². The fourth-order valence-electron chi connectivity index (χ4n) is 7.64. The van der Waals surface area contributed by atoms with Gasteiger partial charge in [-0.05, 0) is 80.2 Å². The van der Waals surface area contributed by atoms with Gasteiger partial charge in [-0.3, -0.25) is 9.69 Å². The highest BCUT2D eigenvalue weighted by Gasteiger charge is 2.38. The number of aromatic nitrogens is 1. The molecule has 0 bridgehead atoms. The Morgan fingerprint density at radius 1 is 0.848 bits per heavy atom. The second-order valence-electron chi connectivity index (χ2n) is 13.0. The molecule has 2 aliphatic heterocycles. The molecule has 2 unspecified atom stereocenters. The molecule has 1 saturated carbocycles. The number of hydrogen-bond acceptors (Lipinski definition) is 5. The number of carboxylic acids is 1. The van der Waals surface area contributed by atoms with Crippen molar-refractivity contribution in [3.63, 3.8) is 0 Å². The molecular weight excluding hydrogens is 568 g/mol. The Labute approximate surface area is 278 Å². The number of pyridine rings is 1. The molecule has 0 amide bonds. The van der Waals surface area contributed by atoms with Crippen molar-refractivity contribution in [2.75, 3.05) is 44.2 Å². The van der Waals surface area contributed by atoms with E-state index in [0.29, 0.717) is 17.9 Å². The van der Waals surface area contributed by atoms with Gasteiger partial charge in [0.25, 0.3) is 0 Å². The van der Waals surface area contributed by atoms with Crippen LogP contribution in [-0.4, -0.2) is 77.2 Å². The average molecular weight is 627 g/mol. The van der Waals surface area contributed by atoms with E-state index in [1.807, 2.05) is 56.4 Å². The normalized spacial score (nSPS) is 20.1. The highest BCUT2D eigenvalue weighted by atomic mass is 16.4. The Hall–Kier alpha value is -3.22. The number of nitrogens with zero attached hydrogens (tertiary/aromatic N) is 4. The molecule has 3 aromatic rings. The van der Waals surface area contributed by atoms with Crippen LogP contribution in [0.25, 0.3) is 11.1 Å². The molecule has 6 heteroatoms. The first-order valence-corrected chi connectivity index (χ1v) is 18.1. The van der Waals surface area contributed by atoms with Crippen molar-refractivity contribution in [3.8, 4) is 11.1 Å². The van der Waals surface area contributed by atoms with E-state index in [1.165, 1.54) is 30.4 Å². The molecular formula is C40H58N4O2. The van der Waals surface area contributed by atoms with E-state index >= 15 is 0 Å². The molecule has 2 saturated heterocycles. The average Bonchev–Trinajstić information content (AvgIpc) is 3.58. The zero-order chi connectivity index (χ0) is 32.6. The molecule has 0 spiro atoms. The van der Waals surface area contributed by atoms with Gasteiger partial charge < -0.3 is 14.9 Å². The summed E-state index contributed by atoms with van der Waals surface area (Å²) in [5, 5.41) is 10.0. The maximum atomic E-state index is 12.2. The number of hydrogen-bond donors (Lipinski definition) is 1. The fraction of sp³-hybridized carbons (Fsp3) is 0.550. The number of carbonyl (C=O) groups is 1. The first-order chi connectivity index (χ1) is 22.6. The molecule has 3 fully saturated rings. The largest absolute Gasteiger partial charge is 0.480 e. The first-order valence-electron chi connectivity index (χ1n) is 18.1. The minimum atomic E-state index is -0.598. The third kappa shape index (κ3) is 10.4. The van der Waals surface area contributed by atoms with Crippen LogP contribution in [0.15, 0.2) is 85.1 Å². The first kappa shape index (κ1) is 35.6. The molecule has 2 atom stereocenters. The van der Waals surface area contributed by atoms with Crippen LogP contribution in [0.3, 0.4) is 0 Å². The molecule has 1 aromatic heterocycles. The second-order valence-corrected chi connectivity index (χ2v) is 13.0. The van der Waals surface area contributed by atoms with Crippen molar-refractivity contribution in [1.82, 2.24) is 14.8 Å². The maximum Gasteiger partial charge on any atom is 0.321 e. The van der Waals surface area contributed by atoms with Crippen LogP contribution in [0.5, 0.6) is 0 Å². The van der Waals surface area contributed by atoms with Gasteiger partial charge in [0.05, 0.1) is 0 Å². The lowest BCUT2D eigenvalue weighted by Crippen LogP contribution is -2.48. The summed E-state index contributed by atoms with van der Waals surface area (Å²) in [6.45, 7) is 12.5. The summed E-state index contributed by atoms with van der Waals surface area (Å²) < 4.78 is 0. The van der Waals surface area contributed by atoms with E-state index in [9.17, 15) is 9.90 Å². The summed E-state index contributed by atoms with van der Waals surface area (Å²) in [4.78, 5) is 24.5. The Morgan fingerprint density at radius 3 is 2.09 bits per heavy atom.